The summed E-state index contributed by atoms with van der Waals surface area (Å²) in [6.07, 6.45) is 0.162. The number of carbonyl (C=O) groups is 1. The van der Waals surface area contributed by atoms with E-state index in [1.807, 2.05) is 0 Å². The third kappa shape index (κ3) is 5.45. The smallest absolute Gasteiger partial charge is 0.377 e. The van der Waals surface area contributed by atoms with Crippen LogP contribution >= 0.6 is 0 Å². The van der Waals surface area contributed by atoms with E-state index in [0.29, 0.717) is 11.7 Å². The third-order valence-corrected chi connectivity index (χ3v) is 5.08. The predicted octanol–water partition coefficient (Wildman–Crippen LogP) is 3.01. The maximum atomic E-state index is 12.6. The molecule has 2 heterocycles. The summed E-state index contributed by atoms with van der Waals surface area (Å²) in [5.41, 5.74) is -0.105. The van der Waals surface area contributed by atoms with Crippen molar-refractivity contribution in [2.24, 2.45) is 0 Å². The van der Waals surface area contributed by atoms with Crippen LogP contribution in [0, 0.1) is 0 Å². The molecule has 0 aromatic heterocycles. The van der Waals surface area contributed by atoms with Crippen LogP contribution < -0.4 is 5.32 Å². The largest absolute Gasteiger partial charge is 0.416 e. The molecule has 0 bridgehead atoms. The minimum Gasteiger partial charge on any atom is -0.377 e. The van der Waals surface area contributed by atoms with Gasteiger partial charge in [0, 0.05) is 32.3 Å². The highest BCUT2D eigenvalue weighted by Crippen LogP contribution is 2.29. The van der Waals surface area contributed by atoms with Crippen molar-refractivity contribution in [3.8, 4) is 0 Å². The fraction of sp³-hybridized carbons (Fsp3) is 0.632. The lowest BCUT2D eigenvalue weighted by Gasteiger charge is -2.33. The number of ether oxygens (including phenoxy) is 1. The van der Waals surface area contributed by atoms with E-state index < -0.39 is 11.7 Å². The standard InChI is InChI=1S/C19H25F3N2O2/c20-19(21,22)15-5-3-14(4-6-15)12-18(25)23-16-7-9-24(10-8-16)13-17-2-1-11-26-17/h3-6,16-17H,1-2,7-13H2,(H,23,25)/t17-/m0/s1. The van der Waals surface area contributed by atoms with Gasteiger partial charge in [-0.25, -0.2) is 0 Å². The van der Waals surface area contributed by atoms with Gasteiger partial charge in [-0.2, -0.15) is 13.2 Å². The number of amides is 1. The monoisotopic (exact) mass is 370 g/mol. The van der Waals surface area contributed by atoms with Gasteiger partial charge in [0.15, 0.2) is 0 Å². The van der Waals surface area contributed by atoms with Crippen LogP contribution in [0.2, 0.25) is 0 Å². The Kier molecular flexibility index (Phi) is 6.19. The highest BCUT2D eigenvalue weighted by Gasteiger charge is 2.30. The Balaban J connectivity index is 1.40. The average Bonchev–Trinajstić information content (AvgIpc) is 3.09. The molecule has 2 fully saturated rings. The van der Waals surface area contributed by atoms with Crippen molar-refractivity contribution in [1.29, 1.82) is 0 Å². The number of nitrogens with zero attached hydrogens (tertiary/aromatic N) is 1. The van der Waals surface area contributed by atoms with Crippen molar-refractivity contribution in [1.82, 2.24) is 10.2 Å². The van der Waals surface area contributed by atoms with Crippen LogP contribution in [0.5, 0.6) is 0 Å². The van der Waals surface area contributed by atoms with Gasteiger partial charge in [0.05, 0.1) is 18.1 Å². The summed E-state index contributed by atoms with van der Waals surface area (Å²) in [5.74, 6) is -0.137. The van der Waals surface area contributed by atoms with Crippen molar-refractivity contribution >= 4 is 5.91 Å². The second-order valence-corrected chi connectivity index (χ2v) is 7.15. The molecule has 0 unspecified atom stereocenters. The Morgan fingerprint density at radius 3 is 2.42 bits per heavy atom. The first kappa shape index (κ1) is 19.2. The zero-order valence-corrected chi connectivity index (χ0v) is 14.7. The molecular formula is C19H25F3N2O2. The number of alkyl halides is 3. The van der Waals surface area contributed by atoms with Crippen LogP contribution in [0.3, 0.4) is 0 Å². The zero-order chi connectivity index (χ0) is 18.6. The van der Waals surface area contributed by atoms with Crippen LogP contribution in [-0.2, 0) is 22.1 Å². The van der Waals surface area contributed by atoms with Gasteiger partial charge >= 0.3 is 6.18 Å². The van der Waals surface area contributed by atoms with E-state index in [4.69, 9.17) is 4.74 Å². The van der Waals surface area contributed by atoms with E-state index in [1.165, 1.54) is 12.1 Å². The van der Waals surface area contributed by atoms with Crippen molar-refractivity contribution in [2.45, 2.75) is 50.4 Å². The lowest BCUT2D eigenvalue weighted by molar-refractivity contribution is -0.137. The molecule has 4 nitrogen and oxygen atoms in total. The van der Waals surface area contributed by atoms with E-state index in [0.717, 1.165) is 64.1 Å². The molecule has 1 N–H and O–H groups in total. The van der Waals surface area contributed by atoms with Gasteiger partial charge in [-0.3, -0.25) is 4.79 Å². The Morgan fingerprint density at radius 1 is 1.15 bits per heavy atom. The Labute approximate surface area is 151 Å². The number of nitrogens with one attached hydrogen (secondary N) is 1. The lowest BCUT2D eigenvalue weighted by atomic mass is 10.0. The topological polar surface area (TPSA) is 41.6 Å². The van der Waals surface area contributed by atoms with E-state index in [1.54, 1.807) is 0 Å². The molecule has 26 heavy (non-hydrogen) atoms. The maximum absolute atomic E-state index is 12.6. The van der Waals surface area contributed by atoms with Gasteiger partial charge in [0.1, 0.15) is 0 Å². The number of carbonyl (C=O) groups excluding carboxylic acids is 1. The fourth-order valence-electron chi connectivity index (χ4n) is 3.61. The number of halogens is 3. The van der Waals surface area contributed by atoms with Gasteiger partial charge in [-0.05, 0) is 43.4 Å². The van der Waals surface area contributed by atoms with Crippen LogP contribution in [0.4, 0.5) is 13.2 Å². The van der Waals surface area contributed by atoms with Gasteiger partial charge < -0.3 is 15.0 Å². The number of benzene rings is 1. The summed E-state index contributed by atoms with van der Waals surface area (Å²) in [6, 6.07) is 4.91. The molecule has 1 atom stereocenters. The van der Waals surface area contributed by atoms with Gasteiger partial charge in [-0.1, -0.05) is 12.1 Å². The molecule has 3 rings (SSSR count). The van der Waals surface area contributed by atoms with Gasteiger partial charge in [0.25, 0.3) is 0 Å². The first-order valence-electron chi connectivity index (χ1n) is 9.19. The molecule has 2 aliphatic rings. The molecular weight excluding hydrogens is 345 g/mol. The number of likely N-dealkylation sites (tertiary alicyclic amines) is 1. The molecule has 0 saturated carbocycles. The predicted molar refractivity (Wildman–Crippen MR) is 91.7 cm³/mol. The number of hydrogen-bond acceptors (Lipinski definition) is 3. The molecule has 1 amide bonds. The summed E-state index contributed by atoms with van der Waals surface area (Å²) < 4.78 is 43.3. The number of hydrogen-bond donors (Lipinski definition) is 1. The molecule has 2 aliphatic heterocycles. The van der Waals surface area contributed by atoms with Crippen LogP contribution in [0.15, 0.2) is 24.3 Å². The summed E-state index contributed by atoms with van der Waals surface area (Å²) in [7, 11) is 0. The summed E-state index contributed by atoms with van der Waals surface area (Å²) in [6.45, 7) is 3.70. The molecule has 0 spiro atoms. The Hall–Kier alpha value is -1.60. The number of rotatable bonds is 5. The normalized spacial score (nSPS) is 22.5. The SMILES string of the molecule is O=C(Cc1ccc(C(F)(F)F)cc1)NC1CCN(C[C@@H]2CCCO2)CC1. The fourth-order valence-corrected chi connectivity index (χ4v) is 3.61. The number of piperidine rings is 1. The summed E-state index contributed by atoms with van der Waals surface area (Å²) in [5, 5.41) is 3.01. The van der Waals surface area contributed by atoms with E-state index >= 15 is 0 Å². The van der Waals surface area contributed by atoms with Crippen molar-refractivity contribution in [3.63, 3.8) is 0 Å². The molecule has 1 aromatic carbocycles. The molecule has 0 aliphatic carbocycles. The van der Waals surface area contributed by atoms with E-state index in [9.17, 15) is 18.0 Å². The zero-order valence-electron chi connectivity index (χ0n) is 14.7. The quantitative estimate of drug-likeness (QED) is 0.866. The van der Waals surface area contributed by atoms with Crippen LogP contribution in [0.25, 0.3) is 0 Å². The maximum Gasteiger partial charge on any atom is 0.416 e. The Bertz CT molecular complexity index is 590. The highest BCUT2D eigenvalue weighted by molar-refractivity contribution is 5.78. The molecule has 1 aromatic rings. The first-order chi connectivity index (χ1) is 12.4. The molecule has 2 saturated heterocycles. The summed E-state index contributed by atoms with van der Waals surface area (Å²) >= 11 is 0. The molecule has 144 valence electrons. The molecule has 7 heteroatoms. The van der Waals surface area contributed by atoms with Crippen molar-refractivity contribution in [2.75, 3.05) is 26.2 Å². The summed E-state index contributed by atoms with van der Waals surface area (Å²) in [4.78, 5) is 14.5. The average molecular weight is 370 g/mol. The van der Waals surface area contributed by atoms with Crippen molar-refractivity contribution in [3.05, 3.63) is 35.4 Å². The van der Waals surface area contributed by atoms with Crippen LogP contribution in [-0.4, -0.2) is 49.2 Å². The highest BCUT2D eigenvalue weighted by atomic mass is 19.4. The Morgan fingerprint density at radius 2 is 1.85 bits per heavy atom. The van der Waals surface area contributed by atoms with Gasteiger partial charge in [0.2, 0.25) is 5.91 Å². The second kappa shape index (κ2) is 8.39. The lowest BCUT2D eigenvalue weighted by Crippen LogP contribution is -2.46. The first-order valence-corrected chi connectivity index (χ1v) is 9.19. The second-order valence-electron chi connectivity index (χ2n) is 7.15. The van der Waals surface area contributed by atoms with Gasteiger partial charge in [-0.15, -0.1) is 0 Å². The molecule has 0 radical (unpaired) electrons. The van der Waals surface area contributed by atoms with E-state index in [-0.39, 0.29) is 18.4 Å². The minimum atomic E-state index is -4.35. The van der Waals surface area contributed by atoms with Crippen LogP contribution in [0.1, 0.15) is 36.8 Å². The van der Waals surface area contributed by atoms with Crippen molar-refractivity contribution < 1.29 is 22.7 Å². The van der Waals surface area contributed by atoms with E-state index in [2.05, 4.69) is 10.2 Å². The minimum absolute atomic E-state index is 0.105. The third-order valence-electron chi connectivity index (χ3n) is 5.08.